The quantitative estimate of drug-likeness (QED) is 0.145. The van der Waals surface area contributed by atoms with Crippen LogP contribution in [0.25, 0.3) is 10.9 Å². The van der Waals surface area contributed by atoms with Gasteiger partial charge in [0, 0.05) is 68.2 Å². The molecule has 0 aliphatic carbocycles. The average molecular weight is 715 g/mol. The van der Waals surface area contributed by atoms with Crippen LogP contribution in [0.5, 0.6) is 23.0 Å². The summed E-state index contributed by atoms with van der Waals surface area (Å²) in [7, 11) is 3.59. The van der Waals surface area contributed by atoms with E-state index in [2.05, 4.69) is 32.6 Å². The molecule has 264 valence electrons. The molecule has 3 aromatic carbocycles. The number of methoxy groups -OCH3 is 1. The number of nitrogens with zero attached hydrogens (tertiary/aromatic N) is 4. The third kappa shape index (κ3) is 7.82. The number of pyridine rings is 1. The lowest BCUT2D eigenvalue weighted by atomic mass is 10.1. The van der Waals surface area contributed by atoms with Crippen molar-refractivity contribution in [3.8, 4) is 23.0 Å². The molecule has 16 heteroatoms. The lowest BCUT2D eigenvalue weighted by molar-refractivity contribution is -0.130. The van der Waals surface area contributed by atoms with Crippen LogP contribution >= 0.6 is 11.8 Å². The van der Waals surface area contributed by atoms with Crippen molar-refractivity contribution in [2.75, 3.05) is 64.6 Å². The zero-order valence-corrected chi connectivity index (χ0v) is 28.0. The highest BCUT2D eigenvalue weighted by molar-refractivity contribution is 8.00. The Morgan fingerprint density at radius 3 is 2.38 bits per heavy atom. The van der Waals surface area contributed by atoms with E-state index in [4.69, 9.17) is 14.2 Å². The number of benzene rings is 3. The Kier molecular flexibility index (Phi) is 10.8. The van der Waals surface area contributed by atoms with Crippen LogP contribution in [0.4, 0.5) is 28.0 Å². The molecule has 0 bridgehead atoms. The number of hydrogen-bond donors (Lipinski definition) is 2. The number of hydrogen-bond acceptors (Lipinski definition) is 9. The summed E-state index contributed by atoms with van der Waals surface area (Å²) in [5.41, 5.74) is 1.93. The van der Waals surface area contributed by atoms with Crippen LogP contribution in [0.1, 0.15) is 17.4 Å². The second kappa shape index (κ2) is 15.4. The first-order chi connectivity index (χ1) is 24.1. The molecule has 2 saturated heterocycles. The number of anilines is 1. The number of urea groups is 1. The Balaban J connectivity index is 1.12. The third-order valence-corrected chi connectivity index (χ3v) is 9.44. The number of aromatic nitrogens is 1. The van der Waals surface area contributed by atoms with Gasteiger partial charge in [0.15, 0.2) is 28.9 Å². The molecule has 1 unspecified atom stereocenters. The Hall–Kier alpha value is -4.80. The van der Waals surface area contributed by atoms with Gasteiger partial charge in [0.05, 0.1) is 30.5 Å². The highest BCUT2D eigenvalue weighted by Crippen LogP contribution is 2.41. The maximum Gasteiger partial charge on any atom is 0.338 e. The van der Waals surface area contributed by atoms with E-state index in [-0.39, 0.29) is 17.2 Å². The van der Waals surface area contributed by atoms with Gasteiger partial charge in [0.25, 0.3) is 5.91 Å². The number of rotatable bonds is 11. The summed E-state index contributed by atoms with van der Waals surface area (Å²) in [5.74, 6) is -4.67. The molecule has 1 aromatic heterocycles. The summed E-state index contributed by atoms with van der Waals surface area (Å²) in [6.45, 7) is 5.46. The summed E-state index contributed by atoms with van der Waals surface area (Å²) in [5, 5.41) is 2.21. The predicted octanol–water partition coefficient (Wildman–Crippen LogP) is 5.92. The van der Waals surface area contributed by atoms with Gasteiger partial charge in [-0.3, -0.25) is 9.78 Å². The molecule has 4 aromatic rings. The molecule has 1 atom stereocenters. The van der Waals surface area contributed by atoms with Crippen LogP contribution in [-0.4, -0.2) is 91.0 Å². The van der Waals surface area contributed by atoms with Crippen molar-refractivity contribution >= 4 is 40.3 Å². The Labute approximate surface area is 289 Å². The number of amides is 3. The van der Waals surface area contributed by atoms with Gasteiger partial charge in [-0.25, -0.2) is 32.8 Å². The van der Waals surface area contributed by atoms with Gasteiger partial charge in [0.2, 0.25) is 0 Å². The van der Waals surface area contributed by atoms with Gasteiger partial charge >= 0.3 is 6.03 Å². The van der Waals surface area contributed by atoms with E-state index >= 15 is 8.78 Å². The first-order valence-corrected chi connectivity index (χ1v) is 16.8. The summed E-state index contributed by atoms with van der Waals surface area (Å²) >= 11 is 0.904. The number of ether oxygens (including phenoxy) is 3. The molecule has 3 heterocycles. The molecular formula is C34H34F4N6O5S. The van der Waals surface area contributed by atoms with Gasteiger partial charge in [-0.15, -0.1) is 11.8 Å². The van der Waals surface area contributed by atoms with Crippen molar-refractivity contribution in [2.24, 2.45) is 0 Å². The number of fused-ring (bicyclic) bond motifs is 1. The molecule has 0 radical (unpaired) electrons. The van der Waals surface area contributed by atoms with E-state index in [1.165, 1.54) is 25.4 Å². The van der Waals surface area contributed by atoms with E-state index in [9.17, 15) is 18.4 Å². The number of carbonyl (C=O) groups excluding carboxylic acids is 2. The number of likely N-dealkylation sites (N-methyl/N-ethyl adjacent to an activating group) is 1. The standard InChI is InChI=1S/C34H34F4N6O5S/c1-42-10-12-43(13-11-42)9-4-14-48-29-18-26-21(17-28(29)47-2)27(7-8-39-26)49-32-24(37)15-20(16-25(32)38)40-34(46)41-44-30(45)19-50-33(44)31-22(35)5-3-6-23(31)36/h3,5-8,15-18,33H,4,9-14,19H2,1-2H3,(H2,40,41,46). The van der Waals surface area contributed by atoms with E-state index in [0.29, 0.717) is 29.0 Å². The second-order valence-corrected chi connectivity index (χ2v) is 12.7. The highest BCUT2D eigenvalue weighted by atomic mass is 32.2. The van der Waals surface area contributed by atoms with E-state index in [1.54, 1.807) is 12.1 Å². The number of carbonyl (C=O) groups is 2. The van der Waals surface area contributed by atoms with Gasteiger partial charge in [0.1, 0.15) is 22.8 Å². The maximum absolute atomic E-state index is 15.3. The number of piperazine rings is 1. The van der Waals surface area contributed by atoms with E-state index < -0.39 is 51.9 Å². The van der Waals surface area contributed by atoms with Crippen LogP contribution in [0, 0.1) is 23.3 Å². The molecular weight excluding hydrogens is 680 g/mol. The normalized spacial score (nSPS) is 16.9. The van der Waals surface area contributed by atoms with Gasteiger partial charge in [-0.1, -0.05) is 6.07 Å². The number of nitrogens with one attached hydrogen (secondary N) is 2. The molecule has 50 heavy (non-hydrogen) atoms. The molecule has 2 aliphatic rings. The first kappa shape index (κ1) is 35.0. The smallest absolute Gasteiger partial charge is 0.338 e. The molecule has 2 fully saturated rings. The minimum absolute atomic E-state index is 0.0858. The van der Waals surface area contributed by atoms with Crippen LogP contribution in [0.3, 0.4) is 0 Å². The Morgan fingerprint density at radius 1 is 0.960 bits per heavy atom. The fraction of sp³-hybridized carbons (Fsp3) is 0.324. The minimum Gasteiger partial charge on any atom is -0.493 e. The highest BCUT2D eigenvalue weighted by Gasteiger charge is 2.37. The summed E-state index contributed by atoms with van der Waals surface area (Å²) in [6.07, 6.45) is 2.24. The molecule has 6 rings (SSSR count). The largest absolute Gasteiger partial charge is 0.493 e. The van der Waals surface area contributed by atoms with Gasteiger partial charge < -0.3 is 29.3 Å². The SMILES string of the molecule is COc1cc2c(Oc3c(F)cc(NC(=O)NN4C(=O)CSC4c4c(F)cccc4F)cc3F)ccnc2cc1OCCCN1CCN(C)CC1. The van der Waals surface area contributed by atoms with Crippen molar-refractivity contribution in [3.05, 3.63) is 83.6 Å². The van der Waals surface area contributed by atoms with Gasteiger partial charge in [-0.05, 0) is 37.7 Å². The average Bonchev–Trinajstić information content (AvgIpc) is 3.43. The predicted molar refractivity (Wildman–Crippen MR) is 179 cm³/mol. The molecule has 3 amide bonds. The van der Waals surface area contributed by atoms with Crippen molar-refractivity contribution in [2.45, 2.75) is 11.8 Å². The van der Waals surface area contributed by atoms with Crippen molar-refractivity contribution < 1.29 is 41.4 Å². The molecule has 11 nitrogen and oxygen atoms in total. The first-order valence-electron chi connectivity index (χ1n) is 15.7. The van der Waals surface area contributed by atoms with Crippen molar-refractivity contribution in [3.63, 3.8) is 0 Å². The topological polar surface area (TPSA) is 108 Å². The molecule has 0 saturated carbocycles. The minimum atomic E-state index is -1.19. The summed E-state index contributed by atoms with van der Waals surface area (Å²) in [6, 6.07) is 8.54. The number of thioether (sulfide) groups is 1. The van der Waals surface area contributed by atoms with Crippen molar-refractivity contribution in [1.29, 1.82) is 0 Å². The van der Waals surface area contributed by atoms with Crippen LogP contribution in [-0.2, 0) is 4.79 Å². The number of halogens is 4. The monoisotopic (exact) mass is 714 g/mol. The second-order valence-electron chi connectivity index (χ2n) is 11.7. The van der Waals surface area contributed by atoms with E-state index in [0.717, 1.165) is 80.2 Å². The van der Waals surface area contributed by atoms with Crippen LogP contribution in [0.15, 0.2) is 54.7 Å². The van der Waals surface area contributed by atoms with E-state index in [1.807, 2.05) is 0 Å². The zero-order valence-electron chi connectivity index (χ0n) is 27.2. The number of hydrazine groups is 1. The fourth-order valence-corrected chi connectivity index (χ4v) is 6.80. The van der Waals surface area contributed by atoms with Crippen LogP contribution in [0.2, 0.25) is 0 Å². The lowest BCUT2D eigenvalue weighted by Gasteiger charge is -2.32. The lowest BCUT2D eigenvalue weighted by Crippen LogP contribution is -2.46. The zero-order chi connectivity index (χ0) is 35.4. The molecule has 0 spiro atoms. The third-order valence-electron chi connectivity index (χ3n) is 8.26. The van der Waals surface area contributed by atoms with Crippen LogP contribution < -0.4 is 25.0 Å². The summed E-state index contributed by atoms with van der Waals surface area (Å²) < 4.78 is 76.6. The molecule has 2 aliphatic heterocycles. The van der Waals surface area contributed by atoms with Gasteiger partial charge in [-0.2, -0.15) is 0 Å². The molecule has 2 N–H and O–H groups in total. The Bertz CT molecular complexity index is 1850. The van der Waals surface area contributed by atoms with Crippen molar-refractivity contribution in [1.82, 2.24) is 25.2 Å². The maximum atomic E-state index is 15.3. The Morgan fingerprint density at radius 2 is 1.68 bits per heavy atom. The fourth-order valence-electron chi connectivity index (χ4n) is 5.64. The summed E-state index contributed by atoms with van der Waals surface area (Å²) in [4.78, 5) is 34.2.